The molecule has 0 radical (unpaired) electrons. The van der Waals surface area contributed by atoms with E-state index in [-0.39, 0.29) is 23.8 Å². The number of halogens is 2. The molecule has 4 rings (SSSR count). The molecule has 9 heteroatoms. The number of carbonyl (C=O) groups excluding carboxylic acids is 2. The van der Waals surface area contributed by atoms with Gasteiger partial charge in [0.15, 0.2) is 6.10 Å². The van der Waals surface area contributed by atoms with Gasteiger partial charge in [-0.05, 0) is 29.2 Å². The molecule has 3 aromatic rings. The first-order valence-corrected chi connectivity index (χ1v) is 11.3. The van der Waals surface area contributed by atoms with Gasteiger partial charge in [0, 0.05) is 17.5 Å². The summed E-state index contributed by atoms with van der Waals surface area (Å²) in [6.45, 7) is 0.233. The molecule has 3 aromatic carbocycles. The fraction of sp³-hybridized carbons (Fsp3) is 0.200. The second-order valence-electron chi connectivity index (χ2n) is 7.98. The summed E-state index contributed by atoms with van der Waals surface area (Å²) in [5, 5.41) is 10.8. The third-order valence-corrected chi connectivity index (χ3v) is 6.34. The number of phenols is 1. The summed E-state index contributed by atoms with van der Waals surface area (Å²) in [7, 11) is 0. The maximum atomic E-state index is 12.3. The van der Waals surface area contributed by atoms with Crippen LogP contribution >= 0.6 is 23.2 Å². The Morgan fingerprint density at radius 2 is 1.82 bits per heavy atom. The van der Waals surface area contributed by atoms with E-state index < -0.39 is 17.9 Å². The van der Waals surface area contributed by atoms with Gasteiger partial charge >= 0.3 is 0 Å². The average Bonchev–Trinajstić information content (AvgIpc) is 3.25. The maximum absolute atomic E-state index is 12.3. The Kier molecular flexibility index (Phi) is 7.26. The van der Waals surface area contributed by atoms with E-state index >= 15 is 0 Å². The van der Waals surface area contributed by atoms with Gasteiger partial charge in [0.1, 0.15) is 16.5 Å². The lowest BCUT2D eigenvalue weighted by molar-refractivity contribution is -0.133. The van der Waals surface area contributed by atoms with Gasteiger partial charge < -0.3 is 15.6 Å². The van der Waals surface area contributed by atoms with Gasteiger partial charge in [0.25, 0.3) is 5.91 Å². The van der Waals surface area contributed by atoms with Crippen molar-refractivity contribution in [2.24, 2.45) is 5.73 Å². The highest BCUT2D eigenvalue weighted by Crippen LogP contribution is 2.43. The normalized spacial score (nSPS) is 14.4. The molecule has 1 aliphatic heterocycles. The molecule has 1 heterocycles. The number of fused-ring (bicyclic) bond motifs is 1. The summed E-state index contributed by atoms with van der Waals surface area (Å²) in [5.41, 5.74) is 11.4. The number of carbonyl (C=O) groups is 2. The lowest BCUT2D eigenvalue weighted by atomic mass is 9.98. The molecule has 0 fully saturated rings. The van der Waals surface area contributed by atoms with Crippen LogP contribution in [0.5, 0.6) is 11.5 Å². The van der Waals surface area contributed by atoms with Crippen LogP contribution in [0, 0.1) is 0 Å². The summed E-state index contributed by atoms with van der Waals surface area (Å²) in [6, 6.07) is 16.3. The Morgan fingerprint density at radius 1 is 1.06 bits per heavy atom. The summed E-state index contributed by atoms with van der Waals surface area (Å²) in [6.07, 6.45) is -0.131. The number of amides is 2. The highest BCUT2D eigenvalue weighted by atomic mass is 35.5. The topological polar surface area (TPSA) is 111 Å². The number of hydroxylamine groups is 1. The molecule has 1 atom stereocenters. The predicted octanol–water partition coefficient (Wildman–Crippen LogP) is 3.87. The lowest BCUT2D eigenvalue weighted by Crippen LogP contribution is -2.31. The van der Waals surface area contributed by atoms with Crippen LogP contribution in [0.3, 0.4) is 0 Å². The van der Waals surface area contributed by atoms with Crippen molar-refractivity contribution in [3.8, 4) is 11.5 Å². The minimum atomic E-state index is -0.776. The van der Waals surface area contributed by atoms with Gasteiger partial charge in [0.05, 0.1) is 18.1 Å². The molecule has 0 aliphatic carbocycles. The SMILES string of the molecule is NC(=O)C1Cc2cc(Cc3ccc(O)c(CC(=O)NOCc4ccccc4)c3)c(Cl)c(Cl)c2O1. The van der Waals surface area contributed by atoms with E-state index in [2.05, 4.69) is 5.48 Å². The Labute approximate surface area is 206 Å². The number of benzene rings is 3. The van der Waals surface area contributed by atoms with Crippen LogP contribution in [-0.2, 0) is 40.3 Å². The fourth-order valence-corrected chi connectivity index (χ4v) is 4.26. The molecule has 0 bridgehead atoms. The monoisotopic (exact) mass is 500 g/mol. The fourth-order valence-electron chi connectivity index (χ4n) is 3.76. The third-order valence-electron chi connectivity index (χ3n) is 5.45. The van der Waals surface area contributed by atoms with Crippen molar-refractivity contribution in [2.45, 2.75) is 32.0 Å². The minimum Gasteiger partial charge on any atom is -0.508 e. The largest absolute Gasteiger partial charge is 0.508 e. The van der Waals surface area contributed by atoms with Crippen molar-refractivity contribution in [1.82, 2.24) is 5.48 Å². The van der Waals surface area contributed by atoms with Crippen molar-refractivity contribution in [1.29, 1.82) is 0 Å². The molecule has 1 aliphatic rings. The molecule has 4 N–H and O–H groups in total. The van der Waals surface area contributed by atoms with E-state index in [1.165, 1.54) is 6.07 Å². The highest BCUT2D eigenvalue weighted by Gasteiger charge is 2.31. The summed E-state index contributed by atoms with van der Waals surface area (Å²) in [4.78, 5) is 29.1. The standard InChI is InChI=1S/C25H22Cl2N2O5/c26-22-17(10-18-11-20(25(28)32)34-24(18)23(22)27)9-15-6-7-19(30)16(8-15)12-21(31)29-33-13-14-4-2-1-3-5-14/h1-8,10,20,30H,9,11-13H2,(H2,28,32)(H,29,31). The molecule has 176 valence electrons. The smallest absolute Gasteiger partial charge is 0.258 e. The number of ether oxygens (including phenoxy) is 1. The zero-order valence-electron chi connectivity index (χ0n) is 18.0. The van der Waals surface area contributed by atoms with Gasteiger partial charge in [-0.2, -0.15) is 0 Å². The van der Waals surface area contributed by atoms with E-state index in [0.717, 1.165) is 22.3 Å². The molecule has 0 aromatic heterocycles. The zero-order valence-corrected chi connectivity index (χ0v) is 19.5. The van der Waals surface area contributed by atoms with Crippen LogP contribution in [-0.4, -0.2) is 23.0 Å². The van der Waals surface area contributed by atoms with E-state index in [1.54, 1.807) is 12.1 Å². The number of rotatable bonds is 8. The Balaban J connectivity index is 1.43. The van der Waals surface area contributed by atoms with Gasteiger partial charge in [-0.1, -0.05) is 71.7 Å². The second-order valence-corrected chi connectivity index (χ2v) is 8.74. The van der Waals surface area contributed by atoms with Crippen LogP contribution in [0.25, 0.3) is 0 Å². The number of nitrogens with two attached hydrogens (primary N) is 1. The van der Waals surface area contributed by atoms with Crippen LogP contribution in [0.1, 0.15) is 27.8 Å². The number of phenolic OH excluding ortho intramolecular Hbond substituents is 1. The summed E-state index contributed by atoms with van der Waals surface area (Å²) in [5.74, 6) is -0.591. The van der Waals surface area contributed by atoms with Crippen LogP contribution in [0.2, 0.25) is 10.0 Å². The second kappa shape index (κ2) is 10.3. The van der Waals surface area contributed by atoms with Crippen molar-refractivity contribution >= 4 is 35.0 Å². The Hall–Kier alpha value is -3.26. The van der Waals surface area contributed by atoms with Crippen molar-refractivity contribution in [3.05, 3.63) is 92.5 Å². The number of primary amides is 1. The molecule has 1 unspecified atom stereocenters. The average molecular weight is 501 g/mol. The molecule has 0 saturated heterocycles. The minimum absolute atomic E-state index is 0.00209. The molecule has 0 spiro atoms. The van der Waals surface area contributed by atoms with Gasteiger partial charge in [-0.3, -0.25) is 14.4 Å². The van der Waals surface area contributed by atoms with E-state index in [1.807, 2.05) is 36.4 Å². The molecule has 34 heavy (non-hydrogen) atoms. The number of aromatic hydroxyl groups is 1. The van der Waals surface area contributed by atoms with E-state index in [0.29, 0.717) is 29.2 Å². The zero-order chi connectivity index (χ0) is 24.2. The first kappa shape index (κ1) is 23.9. The molecule has 2 amide bonds. The van der Waals surface area contributed by atoms with E-state index in [4.69, 9.17) is 38.5 Å². The third kappa shape index (κ3) is 5.44. The Morgan fingerprint density at radius 3 is 2.56 bits per heavy atom. The Bertz CT molecular complexity index is 1230. The predicted molar refractivity (Wildman–Crippen MR) is 128 cm³/mol. The molecular weight excluding hydrogens is 479 g/mol. The van der Waals surface area contributed by atoms with Crippen molar-refractivity contribution < 1.29 is 24.3 Å². The number of nitrogens with one attached hydrogen (secondary N) is 1. The first-order chi connectivity index (χ1) is 16.3. The lowest BCUT2D eigenvalue weighted by Gasteiger charge is -2.12. The van der Waals surface area contributed by atoms with Gasteiger partial charge in [-0.15, -0.1) is 0 Å². The number of hydrogen-bond donors (Lipinski definition) is 3. The first-order valence-electron chi connectivity index (χ1n) is 10.5. The highest BCUT2D eigenvalue weighted by molar-refractivity contribution is 6.43. The van der Waals surface area contributed by atoms with Crippen molar-refractivity contribution in [3.63, 3.8) is 0 Å². The number of hydrogen-bond acceptors (Lipinski definition) is 5. The van der Waals surface area contributed by atoms with Gasteiger partial charge in [0.2, 0.25) is 5.91 Å². The van der Waals surface area contributed by atoms with Crippen molar-refractivity contribution in [2.75, 3.05) is 0 Å². The van der Waals surface area contributed by atoms with Crippen LogP contribution in [0.15, 0.2) is 54.6 Å². The van der Waals surface area contributed by atoms with Gasteiger partial charge in [-0.25, -0.2) is 5.48 Å². The molecule has 7 nitrogen and oxygen atoms in total. The molecular formula is C25H22Cl2N2O5. The summed E-state index contributed by atoms with van der Waals surface area (Å²) >= 11 is 12.8. The maximum Gasteiger partial charge on any atom is 0.258 e. The summed E-state index contributed by atoms with van der Waals surface area (Å²) < 4.78 is 5.54. The van der Waals surface area contributed by atoms with Crippen LogP contribution in [0.4, 0.5) is 0 Å². The van der Waals surface area contributed by atoms with E-state index in [9.17, 15) is 14.7 Å². The molecule has 0 saturated carbocycles. The van der Waals surface area contributed by atoms with Crippen LogP contribution < -0.4 is 16.0 Å². The quantitative estimate of drug-likeness (QED) is 0.406.